The third kappa shape index (κ3) is 5.46. The van der Waals surface area contributed by atoms with Gasteiger partial charge >= 0.3 is 5.97 Å². The molecule has 0 amide bonds. The van der Waals surface area contributed by atoms with Gasteiger partial charge in [0.15, 0.2) is 0 Å². The molecule has 1 fully saturated rings. The van der Waals surface area contributed by atoms with Gasteiger partial charge in [-0.15, -0.1) is 0 Å². The summed E-state index contributed by atoms with van der Waals surface area (Å²) in [6.45, 7) is 5.72. The molecule has 0 unspecified atom stereocenters. The molecule has 1 saturated heterocycles. The van der Waals surface area contributed by atoms with Crippen LogP contribution in [0.3, 0.4) is 0 Å². The Morgan fingerprint density at radius 1 is 1.29 bits per heavy atom. The van der Waals surface area contributed by atoms with Crippen LogP contribution in [-0.2, 0) is 9.53 Å². The number of carbonyl (C=O) groups excluding carboxylic acids is 1. The van der Waals surface area contributed by atoms with Gasteiger partial charge < -0.3 is 9.64 Å². The van der Waals surface area contributed by atoms with Gasteiger partial charge in [0, 0.05) is 19.5 Å². The molecule has 6 heteroatoms. The van der Waals surface area contributed by atoms with Crippen molar-refractivity contribution in [2.75, 3.05) is 26.2 Å². The minimum Gasteiger partial charge on any atom is -0.466 e. The van der Waals surface area contributed by atoms with E-state index < -0.39 is 0 Å². The molecular formula is C15H26N4O2. The average molecular weight is 294 g/mol. The fourth-order valence-corrected chi connectivity index (χ4v) is 2.83. The molecule has 0 atom stereocenters. The van der Waals surface area contributed by atoms with Crippen LogP contribution in [0.4, 0.5) is 0 Å². The number of hydrogen-bond donors (Lipinski definition) is 0. The lowest BCUT2D eigenvalue weighted by molar-refractivity contribution is -0.143. The zero-order valence-corrected chi connectivity index (χ0v) is 12.9. The molecule has 0 radical (unpaired) electrons. The SMILES string of the molecule is CCOC(=O)CCCCCN1CCC(n2cncn2)CC1. The summed E-state index contributed by atoms with van der Waals surface area (Å²) in [5.74, 6) is -0.0638. The number of piperidine rings is 1. The van der Waals surface area contributed by atoms with Crippen molar-refractivity contribution in [1.82, 2.24) is 19.7 Å². The van der Waals surface area contributed by atoms with Gasteiger partial charge in [0.2, 0.25) is 0 Å². The Kier molecular flexibility index (Phi) is 6.66. The number of hydrogen-bond acceptors (Lipinski definition) is 5. The molecule has 1 aliphatic heterocycles. The molecule has 1 aliphatic rings. The minimum atomic E-state index is -0.0638. The molecular weight excluding hydrogens is 268 g/mol. The van der Waals surface area contributed by atoms with Crippen LogP contribution >= 0.6 is 0 Å². The maximum Gasteiger partial charge on any atom is 0.305 e. The van der Waals surface area contributed by atoms with E-state index in [0.717, 1.165) is 51.7 Å². The highest BCUT2D eigenvalue weighted by Crippen LogP contribution is 2.21. The lowest BCUT2D eigenvalue weighted by Gasteiger charge is -2.31. The quantitative estimate of drug-likeness (QED) is 0.542. The molecule has 118 valence electrons. The Morgan fingerprint density at radius 3 is 2.76 bits per heavy atom. The summed E-state index contributed by atoms with van der Waals surface area (Å²) in [5, 5.41) is 4.23. The second-order valence-corrected chi connectivity index (χ2v) is 5.56. The molecule has 2 rings (SSSR count). The number of nitrogens with zero attached hydrogens (tertiary/aromatic N) is 4. The van der Waals surface area contributed by atoms with Crippen molar-refractivity contribution in [3.8, 4) is 0 Å². The van der Waals surface area contributed by atoms with Crippen molar-refractivity contribution in [2.24, 2.45) is 0 Å². The largest absolute Gasteiger partial charge is 0.466 e. The van der Waals surface area contributed by atoms with Crippen LogP contribution in [0.25, 0.3) is 0 Å². The summed E-state index contributed by atoms with van der Waals surface area (Å²) in [7, 11) is 0. The molecule has 6 nitrogen and oxygen atoms in total. The highest BCUT2D eigenvalue weighted by molar-refractivity contribution is 5.69. The standard InChI is InChI=1S/C15H26N4O2/c1-2-21-15(20)6-4-3-5-9-18-10-7-14(8-11-18)19-13-16-12-17-19/h12-14H,2-11H2,1H3. The number of carbonyl (C=O) groups is 1. The van der Waals surface area contributed by atoms with Gasteiger partial charge in [-0.25, -0.2) is 9.67 Å². The Hall–Kier alpha value is -1.43. The topological polar surface area (TPSA) is 60.2 Å². The molecule has 0 aliphatic carbocycles. The van der Waals surface area contributed by atoms with Crippen LogP contribution in [0.1, 0.15) is 51.5 Å². The van der Waals surface area contributed by atoms with E-state index >= 15 is 0 Å². The van der Waals surface area contributed by atoms with Gasteiger partial charge in [-0.2, -0.15) is 5.10 Å². The van der Waals surface area contributed by atoms with E-state index in [4.69, 9.17) is 4.74 Å². The molecule has 0 bridgehead atoms. The number of esters is 1. The zero-order chi connectivity index (χ0) is 14.9. The molecule has 0 N–H and O–H groups in total. The van der Waals surface area contributed by atoms with Gasteiger partial charge in [-0.05, 0) is 39.2 Å². The first-order valence-corrected chi connectivity index (χ1v) is 8.01. The van der Waals surface area contributed by atoms with Crippen molar-refractivity contribution in [3.05, 3.63) is 12.7 Å². The van der Waals surface area contributed by atoms with E-state index in [-0.39, 0.29) is 5.97 Å². The predicted octanol–water partition coefficient (Wildman–Crippen LogP) is 2.04. The van der Waals surface area contributed by atoms with Crippen LogP contribution in [0.5, 0.6) is 0 Å². The third-order valence-corrected chi connectivity index (χ3v) is 4.03. The monoisotopic (exact) mass is 294 g/mol. The van der Waals surface area contributed by atoms with Crippen LogP contribution in [0, 0.1) is 0 Å². The van der Waals surface area contributed by atoms with E-state index in [1.54, 1.807) is 6.33 Å². The van der Waals surface area contributed by atoms with Crippen molar-refractivity contribution in [1.29, 1.82) is 0 Å². The molecule has 0 spiro atoms. The van der Waals surface area contributed by atoms with Gasteiger partial charge in [-0.3, -0.25) is 4.79 Å². The molecule has 1 aromatic rings. The molecule has 2 heterocycles. The van der Waals surface area contributed by atoms with E-state index in [1.807, 2.05) is 17.9 Å². The van der Waals surface area contributed by atoms with Gasteiger partial charge in [0.25, 0.3) is 0 Å². The smallest absolute Gasteiger partial charge is 0.305 e. The predicted molar refractivity (Wildman–Crippen MR) is 79.8 cm³/mol. The van der Waals surface area contributed by atoms with E-state index in [2.05, 4.69) is 15.0 Å². The number of unbranched alkanes of at least 4 members (excludes halogenated alkanes) is 2. The summed E-state index contributed by atoms with van der Waals surface area (Å²) >= 11 is 0. The number of likely N-dealkylation sites (tertiary alicyclic amines) is 1. The summed E-state index contributed by atoms with van der Waals surface area (Å²) in [6, 6.07) is 0.507. The van der Waals surface area contributed by atoms with E-state index in [1.165, 1.54) is 0 Å². The highest BCUT2D eigenvalue weighted by atomic mass is 16.5. The highest BCUT2D eigenvalue weighted by Gasteiger charge is 2.20. The Labute approximate surface area is 126 Å². The first-order valence-electron chi connectivity index (χ1n) is 8.01. The summed E-state index contributed by atoms with van der Waals surface area (Å²) < 4.78 is 6.91. The van der Waals surface area contributed by atoms with Crippen LogP contribution in [0.15, 0.2) is 12.7 Å². The molecule has 0 saturated carbocycles. The summed E-state index contributed by atoms with van der Waals surface area (Å²) in [6.07, 6.45) is 9.47. The van der Waals surface area contributed by atoms with E-state index in [9.17, 15) is 4.79 Å². The fraction of sp³-hybridized carbons (Fsp3) is 0.800. The first-order chi connectivity index (χ1) is 10.3. The van der Waals surface area contributed by atoms with Crippen molar-refractivity contribution in [3.63, 3.8) is 0 Å². The van der Waals surface area contributed by atoms with Gasteiger partial charge in [0.05, 0.1) is 12.6 Å². The van der Waals surface area contributed by atoms with Crippen molar-refractivity contribution < 1.29 is 9.53 Å². The van der Waals surface area contributed by atoms with Crippen LogP contribution in [0.2, 0.25) is 0 Å². The van der Waals surface area contributed by atoms with Crippen LogP contribution in [-0.4, -0.2) is 51.9 Å². The lowest BCUT2D eigenvalue weighted by atomic mass is 10.0. The maximum absolute atomic E-state index is 11.2. The zero-order valence-electron chi connectivity index (χ0n) is 12.9. The number of rotatable bonds is 8. The molecule has 21 heavy (non-hydrogen) atoms. The summed E-state index contributed by atoms with van der Waals surface area (Å²) in [4.78, 5) is 17.7. The average Bonchev–Trinajstić information content (AvgIpc) is 3.02. The normalized spacial score (nSPS) is 17.0. The Morgan fingerprint density at radius 2 is 2.10 bits per heavy atom. The first kappa shape index (κ1) is 15.9. The van der Waals surface area contributed by atoms with Gasteiger partial charge in [0.1, 0.15) is 12.7 Å². The van der Waals surface area contributed by atoms with Crippen LogP contribution < -0.4 is 0 Å². The van der Waals surface area contributed by atoms with Crippen molar-refractivity contribution >= 4 is 5.97 Å². The lowest BCUT2D eigenvalue weighted by Crippen LogP contribution is -2.35. The fourth-order valence-electron chi connectivity index (χ4n) is 2.83. The Bertz CT molecular complexity index is 400. The number of aromatic nitrogens is 3. The second-order valence-electron chi connectivity index (χ2n) is 5.56. The van der Waals surface area contributed by atoms with Crippen molar-refractivity contribution in [2.45, 2.75) is 51.5 Å². The Balaban J connectivity index is 1.52. The van der Waals surface area contributed by atoms with Gasteiger partial charge in [-0.1, -0.05) is 6.42 Å². The maximum atomic E-state index is 11.2. The number of ether oxygens (including phenoxy) is 1. The van der Waals surface area contributed by atoms with E-state index in [0.29, 0.717) is 19.1 Å². The second kappa shape index (κ2) is 8.77. The summed E-state index contributed by atoms with van der Waals surface area (Å²) in [5.41, 5.74) is 0. The minimum absolute atomic E-state index is 0.0638. The molecule has 0 aromatic carbocycles. The third-order valence-electron chi connectivity index (χ3n) is 4.03. The molecule has 1 aromatic heterocycles.